The normalized spacial score (nSPS) is 13.7. The van der Waals surface area contributed by atoms with Crippen molar-refractivity contribution in [2.24, 2.45) is 0 Å². The van der Waals surface area contributed by atoms with Crippen molar-refractivity contribution >= 4 is 17.4 Å². The second-order valence-electron chi connectivity index (χ2n) is 6.18. The molecule has 1 aromatic carbocycles. The summed E-state index contributed by atoms with van der Waals surface area (Å²) in [5.41, 5.74) is 1.21. The lowest BCUT2D eigenvalue weighted by molar-refractivity contribution is -0.120. The smallest absolute Gasteiger partial charge is 0.224 e. The molecule has 26 heavy (non-hydrogen) atoms. The molecule has 2 N–H and O–H groups in total. The average molecular weight is 361 g/mol. The molecule has 1 aromatic heterocycles. The molecule has 1 saturated heterocycles. The van der Waals surface area contributed by atoms with E-state index in [0.29, 0.717) is 18.9 Å². The Kier molecular flexibility index (Phi) is 5.93. The van der Waals surface area contributed by atoms with Gasteiger partial charge < -0.3 is 15.5 Å². The second-order valence-corrected chi connectivity index (χ2v) is 6.18. The summed E-state index contributed by atoms with van der Waals surface area (Å²) in [6.07, 6.45) is 3.99. The maximum absolute atomic E-state index is 13.5. The van der Waals surface area contributed by atoms with E-state index in [2.05, 4.69) is 25.7 Å². The molecule has 138 valence electrons. The molecule has 1 aliphatic heterocycles. The Bertz CT molecular complexity index is 765. The highest BCUT2D eigenvalue weighted by Crippen LogP contribution is 2.20. The number of hydrogen-bond donors (Lipinski definition) is 2. The molecule has 2 heterocycles. The van der Waals surface area contributed by atoms with Crippen molar-refractivity contribution in [2.45, 2.75) is 19.3 Å². The lowest BCUT2D eigenvalue weighted by Gasteiger charge is -2.17. The molecule has 0 bridgehead atoms. The molecule has 0 spiro atoms. The van der Waals surface area contributed by atoms with Crippen LogP contribution in [0.1, 0.15) is 18.4 Å². The van der Waals surface area contributed by atoms with E-state index in [0.717, 1.165) is 30.9 Å². The van der Waals surface area contributed by atoms with Crippen LogP contribution < -0.4 is 15.5 Å². The summed E-state index contributed by atoms with van der Waals surface area (Å²) in [6.45, 7) is 2.88. The van der Waals surface area contributed by atoms with Gasteiger partial charge in [-0.15, -0.1) is 5.10 Å². The van der Waals surface area contributed by atoms with E-state index in [1.807, 2.05) is 6.07 Å². The number of anilines is 2. The third-order valence-corrected chi connectivity index (χ3v) is 4.23. The van der Waals surface area contributed by atoms with Gasteiger partial charge in [-0.2, -0.15) is 5.10 Å². The zero-order valence-corrected chi connectivity index (χ0v) is 14.3. The first kappa shape index (κ1) is 18.0. The fourth-order valence-electron chi connectivity index (χ4n) is 2.88. The molecule has 1 fully saturated rings. The Labute approximate surface area is 150 Å². The van der Waals surface area contributed by atoms with E-state index >= 15 is 0 Å². The number of nitrogens with one attached hydrogen (secondary N) is 2. The number of amides is 1. The van der Waals surface area contributed by atoms with Crippen molar-refractivity contribution < 1.29 is 13.6 Å². The zero-order valence-electron chi connectivity index (χ0n) is 14.3. The Morgan fingerprint density at radius 3 is 2.73 bits per heavy atom. The van der Waals surface area contributed by atoms with Crippen molar-refractivity contribution in [1.29, 1.82) is 0 Å². The number of carbonyl (C=O) groups excluding carboxylic acids is 1. The van der Waals surface area contributed by atoms with Crippen LogP contribution >= 0.6 is 0 Å². The number of nitrogens with zero attached hydrogens (tertiary/aromatic N) is 3. The Balaban J connectivity index is 1.42. The van der Waals surface area contributed by atoms with Crippen LogP contribution in [0.3, 0.4) is 0 Å². The topological polar surface area (TPSA) is 70.2 Å². The van der Waals surface area contributed by atoms with Crippen LogP contribution in [0, 0.1) is 11.6 Å². The minimum atomic E-state index is -0.715. The van der Waals surface area contributed by atoms with Crippen molar-refractivity contribution in [3.63, 3.8) is 0 Å². The monoisotopic (exact) mass is 361 g/mol. The van der Waals surface area contributed by atoms with Crippen LogP contribution in [0.2, 0.25) is 0 Å². The van der Waals surface area contributed by atoms with Crippen LogP contribution in [-0.2, 0) is 11.2 Å². The Morgan fingerprint density at radius 1 is 1.15 bits per heavy atom. The van der Waals surface area contributed by atoms with Gasteiger partial charge in [-0.1, -0.05) is 6.07 Å². The summed E-state index contributed by atoms with van der Waals surface area (Å²) in [5.74, 6) is -1.05. The van der Waals surface area contributed by atoms with E-state index in [4.69, 9.17) is 0 Å². The summed E-state index contributed by atoms with van der Waals surface area (Å²) in [4.78, 5) is 14.1. The molecular weight excluding hydrogens is 340 g/mol. The van der Waals surface area contributed by atoms with E-state index in [-0.39, 0.29) is 17.9 Å². The number of benzene rings is 1. The highest BCUT2D eigenvalue weighted by molar-refractivity contribution is 5.78. The summed E-state index contributed by atoms with van der Waals surface area (Å²) < 4.78 is 26.4. The van der Waals surface area contributed by atoms with E-state index in [9.17, 15) is 13.6 Å². The molecule has 0 saturated carbocycles. The van der Waals surface area contributed by atoms with Crippen LogP contribution in [0.15, 0.2) is 30.5 Å². The number of hydrogen-bond acceptors (Lipinski definition) is 5. The van der Waals surface area contributed by atoms with Gasteiger partial charge in [0.05, 0.1) is 18.3 Å². The fraction of sp³-hybridized carbons (Fsp3) is 0.389. The predicted octanol–water partition coefficient (Wildman–Crippen LogP) is 2.13. The standard InChI is InChI=1S/C18H21F2N5O/c19-14-4-3-13(16(20)10-14)9-18(26)22-6-5-21-17-11-15(12-23-24-17)25-7-1-2-8-25/h3-4,10-12H,1-2,5-9H2,(H,21,24)(H,22,26). The number of rotatable bonds is 7. The summed E-state index contributed by atoms with van der Waals surface area (Å²) in [7, 11) is 0. The molecule has 0 radical (unpaired) electrons. The van der Waals surface area contributed by atoms with Crippen molar-refractivity contribution in [1.82, 2.24) is 15.5 Å². The molecule has 1 amide bonds. The lowest BCUT2D eigenvalue weighted by Crippen LogP contribution is -2.30. The molecule has 8 heteroatoms. The molecule has 0 aliphatic carbocycles. The Morgan fingerprint density at radius 2 is 1.96 bits per heavy atom. The highest BCUT2D eigenvalue weighted by atomic mass is 19.1. The van der Waals surface area contributed by atoms with Gasteiger partial charge >= 0.3 is 0 Å². The fourth-order valence-corrected chi connectivity index (χ4v) is 2.88. The van der Waals surface area contributed by atoms with Gasteiger partial charge in [0.2, 0.25) is 5.91 Å². The van der Waals surface area contributed by atoms with Crippen LogP contribution in [0.25, 0.3) is 0 Å². The zero-order chi connectivity index (χ0) is 18.4. The van der Waals surface area contributed by atoms with Gasteiger partial charge in [-0.25, -0.2) is 8.78 Å². The van der Waals surface area contributed by atoms with E-state index in [1.165, 1.54) is 18.9 Å². The minimum absolute atomic E-state index is 0.129. The summed E-state index contributed by atoms with van der Waals surface area (Å²) in [5, 5.41) is 13.8. The van der Waals surface area contributed by atoms with Crippen molar-refractivity contribution in [3.8, 4) is 0 Å². The molecule has 0 atom stereocenters. The largest absolute Gasteiger partial charge is 0.370 e. The second kappa shape index (κ2) is 8.55. The first-order valence-corrected chi connectivity index (χ1v) is 8.64. The first-order valence-electron chi connectivity index (χ1n) is 8.64. The number of aromatic nitrogens is 2. The third-order valence-electron chi connectivity index (χ3n) is 4.23. The van der Waals surface area contributed by atoms with Gasteiger partial charge in [-0.3, -0.25) is 4.79 Å². The minimum Gasteiger partial charge on any atom is -0.370 e. The van der Waals surface area contributed by atoms with Gasteiger partial charge in [0.1, 0.15) is 11.6 Å². The maximum Gasteiger partial charge on any atom is 0.224 e. The average Bonchev–Trinajstić information content (AvgIpc) is 3.16. The third kappa shape index (κ3) is 4.87. The number of halogens is 2. The van der Waals surface area contributed by atoms with Crippen LogP contribution in [0.5, 0.6) is 0 Å². The SMILES string of the molecule is O=C(Cc1ccc(F)cc1F)NCCNc1cc(N2CCCC2)cnn1. The van der Waals surface area contributed by atoms with Gasteiger partial charge in [0.25, 0.3) is 0 Å². The summed E-state index contributed by atoms with van der Waals surface area (Å²) >= 11 is 0. The van der Waals surface area contributed by atoms with Gasteiger partial charge in [0.15, 0.2) is 5.82 Å². The van der Waals surface area contributed by atoms with Crippen LogP contribution in [-0.4, -0.2) is 42.3 Å². The highest BCUT2D eigenvalue weighted by Gasteiger charge is 2.13. The molecule has 6 nitrogen and oxygen atoms in total. The molecule has 1 aliphatic rings. The quantitative estimate of drug-likeness (QED) is 0.740. The van der Waals surface area contributed by atoms with Gasteiger partial charge in [0, 0.05) is 38.3 Å². The summed E-state index contributed by atoms with van der Waals surface area (Å²) in [6, 6.07) is 5.13. The van der Waals surface area contributed by atoms with E-state index < -0.39 is 11.6 Å². The Hall–Kier alpha value is -2.77. The predicted molar refractivity (Wildman–Crippen MR) is 95.0 cm³/mol. The molecule has 2 aromatic rings. The lowest BCUT2D eigenvalue weighted by atomic mass is 10.1. The number of carbonyl (C=O) groups is 1. The molecule has 0 unspecified atom stereocenters. The maximum atomic E-state index is 13.5. The van der Waals surface area contributed by atoms with Crippen molar-refractivity contribution in [3.05, 3.63) is 47.7 Å². The van der Waals surface area contributed by atoms with Crippen molar-refractivity contribution in [2.75, 3.05) is 36.4 Å². The van der Waals surface area contributed by atoms with Gasteiger partial charge in [-0.05, 0) is 24.5 Å². The molecular formula is C18H21F2N5O. The van der Waals surface area contributed by atoms with Crippen LogP contribution in [0.4, 0.5) is 20.3 Å². The first-order chi connectivity index (χ1) is 12.6. The molecule has 3 rings (SSSR count). The van der Waals surface area contributed by atoms with E-state index in [1.54, 1.807) is 6.20 Å².